The maximum absolute atomic E-state index is 10.8. The first-order valence-electron chi connectivity index (χ1n) is 6.16. The molecule has 1 rings (SSSR count). The molecule has 18 heavy (non-hydrogen) atoms. The number of ether oxygens (including phenoxy) is 1. The highest BCUT2D eigenvalue weighted by Gasteiger charge is 2.09. The lowest BCUT2D eigenvalue weighted by molar-refractivity contribution is -0.138. The zero-order chi connectivity index (χ0) is 13.4. The fourth-order valence-electron chi connectivity index (χ4n) is 1.96. The third-order valence-electron chi connectivity index (χ3n) is 2.61. The normalized spacial score (nSPS) is 10.8. The number of carboxylic acid groups (broad SMARTS) is 1. The highest BCUT2D eigenvalue weighted by molar-refractivity contribution is 5.69. The van der Waals surface area contributed by atoms with Crippen LogP contribution in [0.4, 0.5) is 0 Å². The molecule has 0 aliphatic rings. The van der Waals surface area contributed by atoms with Crippen LogP contribution in [-0.2, 0) is 22.7 Å². The van der Waals surface area contributed by atoms with Crippen LogP contribution in [0.1, 0.15) is 24.5 Å². The summed E-state index contributed by atoms with van der Waals surface area (Å²) >= 11 is 0. The van der Waals surface area contributed by atoms with Crippen LogP contribution in [0.5, 0.6) is 0 Å². The summed E-state index contributed by atoms with van der Waals surface area (Å²) in [5.74, 6) is -0.781. The van der Waals surface area contributed by atoms with Crippen molar-refractivity contribution >= 4 is 5.97 Å². The third-order valence-corrected chi connectivity index (χ3v) is 2.61. The Kier molecular flexibility index (Phi) is 6.39. The number of carboxylic acids is 1. The number of methoxy groups -OCH3 is 1. The summed E-state index contributed by atoms with van der Waals surface area (Å²) in [5, 5.41) is 8.87. The van der Waals surface area contributed by atoms with Gasteiger partial charge in [-0.25, -0.2) is 0 Å². The minimum absolute atomic E-state index is 0.0857. The topological polar surface area (TPSA) is 49.8 Å². The van der Waals surface area contributed by atoms with Gasteiger partial charge in [-0.2, -0.15) is 0 Å². The Labute approximate surface area is 108 Å². The lowest BCUT2D eigenvalue weighted by Crippen LogP contribution is -2.30. The Morgan fingerprint density at radius 2 is 2.11 bits per heavy atom. The van der Waals surface area contributed by atoms with Crippen LogP contribution in [-0.4, -0.2) is 36.2 Å². The van der Waals surface area contributed by atoms with Gasteiger partial charge in [-0.05, 0) is 24.1 Å². The second kappa shape index (κ2) is 7.84. The molecule has 0 amide bonds. The van der Waals surface area contributed by atoms with Gasteiger partial charge in [0.2, 0.25) is 0 Å². The zero-order valence-corrected chi connectivity index (χ0v) is 11.1. The summed E-state index contributed by atoms with van der Waals surface area (Å²) in [7, 11) is 1.67. The molecule has 0 atom stereocenters. The Morgan fingerprint density at radius 1 is 1.39 bits per heavy atom. The molecule has 0 saturated carbocycles. The third kappa shape index (κ3) is 5.29. The highest BCUT2D eigenvalue weighted by Crippen LogP contribution is 2.09. The van der Waals surface area contributed by atoms with Gasteiger partial charge >= 0.3 is 5.97 Å². The van der Waals surface area contributed by atoms with Crippen LogP contribution in [0.25, 0.3) is 0 Å². The fraction of sp³-hybridized carbons (Fsp3) is 0.500. The molecule has 0 aliphatic carbocycles. The quantitative estimate of drug-likeness (QED) is 0.769. The van der Waals surface area contributed by atoms with Crippen LogP contribution >= 0.6 is 0 Å². The Balaban J connectivity index is 2.67. The van der Waals surface area contributed by atoms with E-state index < -0.39 is 5.97 Å². The summed E-state index contributed by atoms with van der Waals surface area (Å²) in [6, 6.07) is 8.07. The van der Waals surface area contributed by atoms with Gasteiger partial charge in [-0.15, -0.1) is 0 Å². The first-order chi connectivity index (χ1) is 8.65. The molecule has 0 aliphatic heterocycles. The van der Waals surface area contributed by atoms with Gasteiger partial charge in [0.25, 0.3) is 0 Å². The van der Waals surface area contributed by atoms with E-state index in [9.17, 15) is 4.79 Å². The standard InChI is InChI=1S/C14H21NO3/c1-3-7-15(10-14(16)17)9-12-5-4-6-13(8-12)11-18-2/h4-6,8H,3,7,9-11H2,1-2H3,(H,16,17). The van der Waals surface area contributed by atoms with E-state index in [1.54, 1.807) is 7.11 Å². The van der Waals surface area contributed by atoms with E-state index in [2.05, 4.69) is 13.0 Å². The minimum atomic E-state index is -0.781. The summed E-state index contributed by atoms with van der Waals surface area (Å²) < 4.78 is 5.09. The lowest BCUT2D eigenvalue weighted by atomic mass is 10.1. The second-order valence-corrected chi connectivity index (χ2v) is 4.36. The van der Waals surface area contributed by atoms with Crippen LogP contribution in [0.3, 0.4) is 0 Å². The molecule has 4 nitrogen and oxygen atoms in total. The van der Waals surface area contributed by atoms with E-state index in [1.165, 1.54) is 0 Å². The Bertz CT molecular complexity index is 379. The number of rotatable bonds is 8. The molecule has 0 heterocycles. The van der Waals surface area contributed by atoms with Crippen molar-refractivity contribution in [2.45, 2.75) is 26.5 Å². The average Bonchev–Trinajstić information content (AvgIpc) is 2.29. The van der Waals surface area contributed by atoms with E-state index in [0.717, 1.165) is 24.1 Å². The number of carbonyl (C=O) groups is 1. The molecule has 0 unspecified atom stereocenters. The minimum Gasteiger partial charge on any atom is -0.480 e. The van der Waals surface area contributed by atoms with Crippen LogP contribution in [0.2, 0.25) is 0 Å². The molecule has 4 heteroatoms. The Hall–Kier alpha value is -1.39. The molecule has 0 radical (unpaired) electrons. The van der Waals surface area contributed by atoms with Crippen molar-refractivity contribution in [3.63, 3.8) is 0 Å². The molecule has 0 saturated heterocycles. The molecular weight excluding hydrogens is 230 g/mol. The first-order valence-corrected chi connectivity index (χ1v) is 6.16. The maximum Gasteiger partial charge on any atom is 0.317 e. The Morgan fingerprint density at radius 3 is 2.72 bits per heavy atom. The van der Waals surface area contributed by atoms with Gasteiger partial charge in [0.1, 0.15) is 0 Å². The molecule has 1 aromatic carbocycles. The first kappa shape index (κ1) is 14.7. The number of hydrogen-bond acceptors (Lipinski definition) is 3. The van der Waals surface area contributed by atoms with E-state index >= 15 is 0 Å². The molecule has 0 bridgehead atoms. The molecular formula is C14H21NO3. The predicted octanol–water partition coefficient (Wildman–Crippen LogP) is 2.13. The van der Waals surface area contributed by atoms with Gasteiger partial charge in [-0.3, -0.25) is 9.69 Å². The zero-order valence-electron chi connectivity index (χ0n) is 11.1. The van der Waals surface area contributed by atoms with Crippen LogP contribution in [0, 0.1) is 0 Å². The lowest BCUT2D eigenvalue weighted by Gasteiger charge is -2.19. The summed E-state index contributed by atoms with van der Waals surface area (Å²) in [6.07, 6.45) is 0.949. The van der Waals surface area contributed by atoms with Gasteiger partial charge in [-0.1, -0.05) is 31.2 Å². The second-order valence-electron chi connectivity index (χ2n) is 4.36. The van der Waals surface area contributed by atoms with Crippen molar-refractivity contribution in [2.75, 3.05) is 20.2 Å². The monoisotopic (exact) mass is 251 g/mol. The average molecular weight is 251 g/mol. The number of benzene rings is 1. The van der Waals surface area contributed by atoms with Crippen molar-refractivity contribution in [2.24, 2.45) is 0 Å². The molecule has 0 spiro atoms. The molecule has 0 aromatic heterocycles. The molecule has 1 N–H and O–H groups in total. The number of hydrogen-bond donors (Lipinski definition) is 1. The van der Waals surface area contributed by atoms with Gasteiger partial charge in [0.15, 0.2) is 0 Å². The summed E-state index contributed by atoms with van der Waals surface area (Å²) in [6.45, 7) is 4.18. The SMILES string of the molecule is CCCN(CC(=O)O)Cc1cccc(COC)c1. The van der Waals surface area contributed by atoms with Crippen molar-refractivity contribution in [1.82, 2.24) is 4.90 Å². The van der Waals surface area contributed by atoms with Crippen LogP contribution in [0.15, 0.2) is 24.3 Å². The number of aliphatic carboxylic acids is 1. The highest BCUT2D eigenvalue weighted by atomic mass is 16.5. The van der Waals surface area contributed by atoms with Crippen molar-refractivity contribution in [1.29, 1.82) is 0 Å². The van der Waals surface area contributed by atoms with E-state index in [4.69, 9.17) is 9.84 Å². The number of nitrogens with zero attached hydrogens (tertiary/aromatic N) is 1. The van der Waals surface area contributed by atoms with Crippen molar-refractivity contribution in [3.05, 3.63) is 35.4 Å². The largest absolute Gasteiger partial charge is 0.480 e. The van der Waals surface area contributed by atoms with Crippen LogP contribution < -0.4 is 0 Å². The summed E-state index contributed by atoms with van der Waals surface area (Å²) in [5.41, 5.74) is 2.24. The van der Waals surface area contributed by atoms with Gasteiger partial charge in [0, 0.05) is 13.7 Å². The molecule has 100 valence electrons. The fourth-order valence-corrected chi connectivity index (χ4v) is 1.96. The van der Waals surface area contributed by atoms with Gasteiger partial charge < -0.3 is 9.84 Å². The van der Waals surface area contributed by atoms with Gasteiger partial charge in [0.05, 0.1) is 13.2 Å². The van der Waals surface area contributed by atoms with E-state index in [-0.39, 0.29) is 6.54 Å². The van der Waals surface area contributed by atoms with Crippen molar-refractivity contribution in [3.8, 4) is 0 Å². The predicted molar refractivity (Wildman–Crippen MR) is 70.4 cm³/mol. The molecule has 1 aromatic rings. The van der Waals surface area contributed by atoms with E-state index in [0.29, 0.717) is 13.2 Å². The maximum atomic E-state index is 10.8. The van der Waals surface area contributed by atoms with Crippen molar-refractivity contribution < 1.29 is 14.6 Å². The van der Waals surface area contributed by atoms with E-state index in [1.807, 2.05) is 23.1 Å². The summed E-state index contributed by atoms with van der Waals surface area (Å²) in [4.78, 5) is 12.7. The molecule has 0 fully saturated rings. The smallest absolute Gasteiger partial charge is 0.317 e.